The highest BCUT2D eigenvalue weighted by atomic mass is 32.1. The summed E-state index contributed by atoms with van der Waals surface area (Å²) in [6, 6.07) is 6.12. The molecule has 0 aromatic heterocycles. The summed E-state index contributed by atoms with van der Waals surface area (Å²) in [6.45, 7) is 0.647. The molecule has 1 N–H and O–H groups in total. The summed E-state index contributed by atoms with van der Waals surface area (Å²) in [6.07, 6.45) is 2.70. The molecule has 1 unspecified atom stereocenters. The lowest BCUT2D eigenvalue weighted by Gasteiger charge is -2.24. The molecule has 3 nitrogen and oxygen atoms in total. The van der Waals surface area contributed by atoms with E-state index in [4.69, 9.17) is 4.74 Å². The van der Waals surface area contributed by atoms with Gasteiger partial charge < -0.3 is 10.1 Å². The lowest BCUT2D eigenvalue weighted by molar-refractivity contribution is -0.125. The molecule has 0 spiro atoms. The van der Waals surface area contributed by atoms with E-state index in [2.05, 4.69) is 30.1 Å². The van der Waals surface area contributed by atoms with Crippen molar-refractivity contribution in [3.8, 4) is 5.75 Å². The molecule has 1 aliphatic carbocycles. The minimum Gasteiger partial charge on any atom is -0.497 e. The van der Waals surface area contributed by atoms with Gasteiger partial charge in [-0.15, -0.1) is 0 Å². The molecule has 4 heteroatoms. The topological polar surface area (TPSA) is 38.3 Å². The van der Waals surface area contributed by atoms with Crippen LogP contribution in [-0.4, -0.2) is 25.3 Å². The van der Waals surface area contributed by atoms with Gasteiger partial charge in [0.1, 0.15) is 5.75 Å². The third kappa shape index (κ3) is 2.99. The number of fused-ring (bicyclic) bond motifs is 1. The number of carbonyl (C=O) groups excluding carboxylic acids is 1. The van der Waals surface area contributed by atoms with Gasteiger partial charge in [0.25, 0.3) is 0 Å². The van der Waals surface area contributed by atoms with Crippen LogP contribution < -0.4 is 10.1 Å². The summed E-state index contributed by atoms with van der Waals surface area (Å²) in [7, 11) is 1.68. The molecule has 0 aliphatic heterocycles. The molecule has 0 bridgehead atoms. The first-order valence-electron chi connectivity index (χ1n) is 6.29. The molecule has 0 heterocycles. The molecule has 0 fully saturated rings. The zero-order valence-electron chi connectivity index (χ0n) is 10.6. The fourth-order valence-corrected chi connectivity index (χ4v) is 2.52. The molecule has 0 saturated carbocycles. The quantitative estimate of drug-likeness (QED) is 0.815. The number of ether oxygens (including phenoxy) is 1. The van der Waals surface area contributed by atoms with Crippen molar-refractivity contribution in [1.82, 2.24) is 5.32 Å². The number of nitrogens with one attached hydrogen (secondary N) is 1. The molecule has 1 amide bonds. The SMILES string of the molecule is COc1ccc2c(c1)CCC(C(=O)NCCS)C2. The van der Waals surface area contributed by atoms with Gasteiger partial charge in [-0.05, 0) is 42.5 Å². The summed E-state index contributed by atoms with van der Waals surface area (Å²) in [5.74, 6) is 1.84. The first-order valence-corrected chi connectivity index (χ1v) is 6.92. The number of hydrogen-bond acceptors (Lipinski definition) is 3. The van der Waals surface area contributed by atoms with Crippen molar-refractivity contribution in [3.05, 3.63) is 29.3 Å². The third-order valence-corrected chi connectivity index (χ3v) is 3.65. The van der Waals surface area contributed by atoms with Gasteiger partial charge in [-0.3, -0.25) is 4.79 Å². The number of rotatable bonds is 4. The number of carbonyl (C=O) groups is 1. The highest BCUT2D eigenvalue weighted by molar-refractivity contribution is 7.80. The van der Waals surface area contributed by atoms with Crippen LogP contribution in [0.25, 0.3) is 0 Å². The smallest absolute Gasteiger partial charge is 0.223 e. The third-order valence-electron chi connectivity index (χ3n) is 3.42. The maximum atomic E-state index is 11.9. The van der Waals surface area contributed by atoms with Crippen LogP contribution in [0.2, 0.25) is 0 Å². The predicted octanol–water partition coefficient (Wildman–Crippen LogP) is 1.85. The molecule has 0 saturated heterocycles. The summed E-state index contributed by atoms with van der Waals surface area (Å²) in [5, 5.41) is 2.92. The number of aryl methyl sites for hydroxylation is 1. The Hall–Kier alpha value is -1.16. The van der Waals surface area contributed by atoms with E-state index < -0.39 is 0 Å². The van der Waals surface area contributed by atoms with Gasteiger partial charge in [-0.25, -0.2) is 0 Å². The molecule has 0 radical (unpaired) electrons. The molecule has 2 rings (SSSR count). The summed E-state index contributed by atoms with van der Waals surface area (Å²) in [4.78, 5) is 11.9. The number of amides is 1. The van der Waals surface area contributed by atoms with Crippen LogP contribution in [0.4, 0.5) is 0 Å². The Morgan fingerprint density at radius 1 is 1.50 bits per heavy atom. The number of hydrogen-bond donors (Lipinski definition) is 2. The molecule has 1 aromatic rings. The van der Waals surface area contributed by atoms with Crippen molar-refractivity contribution in [2.75, 3.05) is 19.4 Å². The van der Waals surface area contributed by atoms with Crippen LogP contribution >= 0.6 is 12.6 Å². The lowest BCUT2D eigenvalue weighted by Crippen LogP contribution is -2.35. The zero-order chi connectivity index (χ0) is 13.0. The van der Waals surface area contributed by atoms with E-state index >= 15 is 0 Å². The van der Waals surface area contributed by atoms with E-state index in [0.717, 1.165) is 25.0 Å². The minimum absolute atomic E-state index is 0.103. The summed E-state index contributed by atoms with van der Waals surface area (Å²) in [5.41, 5.74) is 2.58. The molecule has 1 aromatic carbocycles. The van der Waals surface area contributed by atoms with Gasteiger partial charge in [-0.1, -0.05) is 6.07 Å². The number of thiol groups is 1. The Bertz CT molecular complexity index is 434. The number of methoxy groups -OCH3 is 1. The maximum absolute atomic E-state index is 11.9. The Morgan fingerprint density at radius 3 is 3.06 bits per heavy atom. The van der Waals surface area contributed by atoms with Crippen LogP contribution in [0.1, 0.15) is 17.5 Å². The highest BCUT2D eigenvalue weighted by Gasteiger charge is 2.24. The predicted molar refractivity (Wildman–Crippen MR) is 75.4 cm³/mol. The second-order valence-corrected chi connectivity index (χ2v) is 5.04. The van der Waals surface area contributed by atoms with Gasteiger partial charge in [0, 0.05) is 18.2 Å². The highest BCUT2D eigenvalue weighted by Crippen LogP contribution is 2.28. The Morgan fingerprint density at radius 2 is 2.33 bits per heavy atom. The molecule has 18 heavy (non-hydrogen) atoms. The van der Waals surface area contributed by atoms with Crippen molar-refractivity contribution in [3.63, 3.8) is 0 Å². The lowest BCUT2D eigenvalue weighted by atomic mass is 9.83. The van der Waals surface area contributed by atoms with Crippen LogP contribution in [0, 0.1) is 5.92 Å². The van der Waals surface area contributed by atoms with Crippen LogP contribution in [0.5, 0.6) is 5.75 Å². The second kappa shape index (κ2) is 6.14. The molecular weight excluding hydrogens is 246 g/mol. The van der Waals surface area contributed by atoms with E-state index in [1.807, 2.05) is 6.07 Å². The van der Waals surface area contributed by atoms with Crippen molar-refractivity contribution in [2.24, 2.45) is 5.92 Å². The van der Waals surface area contributed by atoms with Crippen molar-refractivity contribution in [2.45, 2.75) is 19.3 Å². The fraction of sp³-hybridized carbons (Fsp3) is 0.500. The average Bonchev–Trinajstić information content (AvgIpc) is 2.43. The largest absolute Gasteiger partial charge is 0.497 e. The molecule has 98 valence electrons. The minimum atomic E-state index is 0.103. The van der Waals surface area contributed by atoms with Crippen molar-refractivity contribution >= 4 is 18.5 Å². The van der Waals surface area contributed by atoms with Gasteiger partial charge in [0.15, 0.2) is 0 Å². The first kappa shape index (κ1) is 13.3. The van der Waals surface area contributed by atoms with Crippen molar-refractivity contribution in [1.29, 1.82) is 0 Å². The summed E-state index contributed by atoms with van der Waals surface area (Å²) >= 11 is 4.10. The van der Waals surface area contributed by atoms with Crippen LogP contribution in [0.15, 0.2) is 18.2 Å². The molecular formula is C14H19NO2S. The zero-order valence-corrected chi connectivity index (χ0v) is 11.5. The van der Waals surface area contributed by atoms with Crippen LogP contribution in [-0.2, 0) is 17.6 Å². The van der Waals surface area contributed by atoms with Gasteiger partial charge in [0.05, 0.1) is 7.11 Å². The fourth-order valence-electron chi connectivity index (χ4n) is 2.41. The first-order chi connectivity index (χ1) is 8.74. The van der Waals surface area contributed by atoms with Gasteiger partial charge in [-0.2, -0.15) is 12.6 Å². The number of benzene rings is 1. The standard InChI is InChI=1S/C14H19NO2S/c1-17-13-5-4-10-8-12(3-2-11(10)9-13)14(16)15-6-7-18/h4-5,9,12,18H,2-3,6-8H2,1H3,(H,15,16). The normalized spacial score (nSPS) is 18.0. The van der Waals surface area contributed by atoms with E-state index in [1.165, 1.54) is 11.1 Å². The van der Waals surface area contributed by atoms with Crippen molar-refractivity contribution < 1.29 is 9.53 Å². The van der Waals surface area contributed by atoms with E-state index in [1.54, 1.807) is 7.11 Å². The average molecular weight is 265 g/mol. The molecule has 1 atom stereocenters. The summed E-state index contributed by atoms with van der Waals surface area (Å²) < 4.78 is 5.22. The molecule has 1 aliphatic rings. The Balaban J connectivity index is 2.03. The van der Waals surface area contributed by atoms with E-state index in [-0.39, 0.29) is 11.8 Å². The van der Waals surface area contributed by atoms with Gasteiger partial charge >= 0.3 is 0 Å². The van der Waals surface area contributed by atoms with Crippen LogP contribution in [0.3, 0.4) is 0 Å². The van der Waals surface area contributed by atoms with Gasteiger partial charge in [0.2, 0.25) is 5.91 Å². The second-order valence-electron chi connectivity index (χ2n) is 4.59. The van der Waals surface area contributed by atoms with E-state index in [0.29, 0.717) is 12.3 Å². The maximum Gasteiger partial charge on any atom is 0.223 e. The Kier molecular flexibility index (Phi) is 4.53. The monoisotopic (exact) mass is 265 g/mol. The Labute approximate surface area is 113 Å². The van der Waals surface area contributed by atoms with E-state index in [9.17, 15) is 4.79 Å².